The summed E-state index contributed by atoms with van der Waals surface area (Å²) in [6.07, 6.45) is 0. The van der Waals surface area contributed by atoms with Crippen LogP contribution in [0, 0.1) is 0 Å². The number of hydrogen-bond donors (Lipinski definition) is 1. The number of nitrogens with zero attached hydrogens (tertiary/aromatic N) is 4. The molecular weight excluding hydrogens is 486 g/mol. The van der Waals surface area contributed by atoms with Gasteiger partial charge in [0, 0.05) is 16.6 Å². The Morgan fingerprint density at radius 2 is 1.75 bits per heavy atom. The smallest absolute Gasteiger partial charge is 0.250 e. The van der Waals surface area contributed by atoms with Crippen LogP contribution in [0.3, 0.4) is 0 Å². The summed E-state index contributed by atoms with van der Waals surface area (Å²) in [6.45, 7) is 11.2. The maximum absolute atomic E-state index is 12.3. The number of halogens is 1. The third kappa shape index (κ3) is 6.07. The van der Waals surface area contributed by atoms with E-state index in [1.807, 2.05) is 42.7 Å². The highest BCUT2D eigenvalue weighted by Gasteiger charge is 2.17. The molecule has 1 N–H and O–H groups in total. The van der Waals surface area contributed by atoms with Crippen LogP contribution >= 0.6 is 27.7 Å². The van der Waals surface area contributed by atoms with Gasteiger partial charge in [0.15, 0.2) is 11.0 Å². The van der Waals surface area contributed by atoms with Crippen LogP contribution in [0.2, 0.25) is 0 Å². The van der Waals surface area contributed by atoms with Crippen molar-refractivity contribution in [1.82, 2.24) is 20.2 Å². The average molecular weight is 514 g/mol. The summed E-state index contributed by atoms with van der Waals surface area (Å²) < 4.78 is 3.03. The molecule has 3 aromatic rings. The van der Waals surface area contributed by atoms with E-state index < -0.39 is 0 Å². The van der Waals surface area contributed by atoms with Crippen LogP contribution in [0.15, 0.2) is 63.3 Å². The van der Waals surface area contributed by atoms with Crippen molar-refractivity contribution in [2.75, 3.05) is 5.75 Å². The van der Waals surface area contributed by atoms with Gasteiger partial charge in [0.1, 0.15) is 0 Å². The lowest BCUT2D eigenvalue weighted by Crippen LogP contribution is -2.21. The van der Waals surface area contributed by atoms with Crippen LogP contribution in [0.25, 0.3) is 11.4 Å². The molecule has 0 aliphatic rings. The van der Waals surface area contributed by atoms with E-state index in [0.29, 0.717) is 11.7 Å². The van der Waals surface area contributed by atoms with E-state index >= 15 is 0 Å². The number of carbonyl (C=O) groups is 1. The first kappa shape index (κ1) is 24.2. The molecule has 2 aromatic carbocycles. The highest BCUT2D eigenvalue weighted by molar-refractivity contribution is 9.10. The van der Waals surface area contributed by atoms with Gasteiger partial charge in [-0.15, -0.1) is 10.2 Å². The number of aromatic nitrogens is 3. The minimum atomic E-state index is -0.187. The molecule has 0 unspecified atom stereocenters. The Morgan fingerprint density at radius 1 is 1.09 bits per heavy atom. The number of hydrogen-bond acceptors (Lipinski definition) is 5. The largest absolute Gasteiger partial charge is 0.302 e. The van der Waals surface area contributed by atoms with Crippen molar-refractivity contribution in [1.29, 1.82) is 0 Å². The third-order valence-electron chi connectivity index (χ3n) is 4.98. The van der Waals surface area contributed by atoms with Gasteiger partial charge in [-0.25, -0.2) is 5.43 Å². The molecule has 168 valence electrons. The van der Waals surface area contributed by atoms with Crippen molar-refractivity contribution < 1.29 is 4.79 Å². The molecular formula is C24H28BrN5OS. The fraction of sp³-hybridized carbons (Fsp3) is 0.333. The van der Waals surface area contributed by atoms with E-state index in [4.69, 9.17) is 0 Å². The van der Waals surface area contributed by atoms with Gasteiger partial charge < -0.3 is 4.57 Å². The number of hydrazone groups is 1. The predicted octanol–water partition coefficient (Wildman–Crippen LogP) is 5.66. The van der Waals surface area contributed by atoms with Gasteiger partial charge in [-0.05, 0) is 42.5 Å². The second-order valence-corrected chi connectivity index (χ2v) is 10.3. The molecule has 0 fully saturated rings. The van der Waals surface area contributed by atoms with E-state index in [9.17, 15) is 4.79 Å². The molecule has 0 saturated carbocycles. The van der Waals surface area contributed by atoms with Crippen molar-refractivity contribution >= 4 is 39.3 Å². The molecule has 1 aromatic heterocycles. The number of benzene rings is 2. The first-order valence-electron chi connectivity index (χ1n) is 10.4. The molecule has 1 amide bonds. The summed E-state index contributed by atoms with van der Waals surface area (Å²) in [4.78, 5) is 12.3. The van der Waals surface area contributed by atoms with Crippen molar-refractivity contribution in [3.63, 3.8) is 0 Å². The fourth-order valence-corrected chi connectivity index (χ4v) is 4.14. The number of amides is 1. The molecule has 0 saturated heterocycles. The Morgan fingerprint density at radius 3 is 2.34 bits per heavy atom. The first-order chi connectivity index (χ1) is 15.2. The molecule has 8 heteroatoms. The minimum absolute atomic E-state index is 0.101. The molecule has 0 aliphatic heterocycles. The van der Waals surface area contributed by atoms with Gasteiger partial charge in [-0.2, -0.15) is 5.10 Å². The first-order valence-corrected chi connectivity index (χ1v) is 12.2. The van der Waals surface area contributed by atoms with E-state index in [1.54, 1.807) is 0 Å². The Hall–Kier alpha value is -2.45. The number of thioether (sulfide) groups is 1. The van der Waals surface area contributed by atoms with Crippen LogP contribution in [-0.4, -0.2) is 32.1 Å². The zero-order chi connectivity index (χ0) is 23.3. The van der Waals surface area contributed by atoms with E-state index in [-0.39, 0.29) is 17.1 Å². The standard InChI is InChI=1S/C24H28BrN5OS/c1-6-30-22(18-7-11-19(12-8-18)24(3,4)5)28-29-23(30)32-15-21(31)27-26-16(2)17-9-13-20(25)14-10-17/h7-14H,6,15H2,1-5H3,(H,27,31). The predicted molar refractivity (Wildman–Crippen MR) is 135 cm³/mol. The third-order valence-corrected chi connectivity index (χ3v) is 6.48. The molecule has 1 heterocycles. The van der Waals surface area contributed by atoms with E-state index in [2.05, 4.69) is 81.7 Å². The van der Waals surface area contributed by atoms with Gasteiger partial charge in [0.2, 0.25) is 0 Å². The Bertz CT molecular complexity index is 1100. The summed E-state index contributed by atoms with van der Waals surface area (Å²) in [5.41, 5.74) is 6.70. The second-order valence-electron chi connectivity index (χ2n) is 8.41. The summed E-state index contributed by atoms with van der Waals surface area (Å²) in [5, 5.41) is 13.6. The molecule has 0 aliphatic carbocycles. The van der Waals surface area contributed by atoms with Gasteiger partial charge in [-0.1, -0.05) is 84.9 Å². The maximum atomic E-state index is 12.3. The van der Waals surface area contributed by atoms with E-state index in [0.717, 1.165) is 27.1 Å². The zero-order valence-corrected chi connectivity index (χ0v) is 21.4. The second kappa shape index (κ2) is 10.4. The Balaban J connectivity index is 1.64. The zero-order valence-electron chi connectivity index (χ0n) is 19.0. The fourth-order valence-electron chi connectivity index (χ4n) is 3.08. The van der Waals surface area contributed by atoms with Gasteiger partial charge in [0.05, 0.1) is 11.5 Å². The lowest BCUT2D eigenvalue weighted by molar-refractivity contribution is -0.118. The summed E-state index contributed by atoms with van der Waals surface area (Å²) in [5.74, 6) is 0.825. The molecule has 0 atom stereocenters. The SMILES string of the molecule is CCn1c(SCC(=O)NN=C(C)c2ccc(Br)cc2)nnc1-c1ccc(C(C)(C)C)cc1. The van der Waals surface area contributed by atoms with Gasteiger partial charge in [0.25, 0.3) is 5.91 Å². The molecule has 0 radical (unpaired) electrons. The van der Waals surface area contributed by atoms with Gasteiger partial charge in [-0.3, -0.25) is 4.79 Å². The Kier molecular flexibility index (Phi) is 7.90. The van der Waals surface area contributed by atoms with E-state index in [1.165, 1.54) is 17.3 Å². The van der Waals surface area contributed by atoms with Crippen molar-refractivity contribution in [3.05, 3.63) is 64.1 Å². The monoisotopic (exact) mass is 513 g/mol. The molecule has 0 bridgehead atoms. The lowest BCUT2D eigenvalue weighted by Gasteiger charge is -2.19. The summed E-state index contributed by atoms with van der Waals surface area (Å²) in [7, 11) is 0. The minimum Gasteiger partial charge on any atom is -0.302 e. The number of carbonyl (C=O) groups excluding carboxylic acids is 1. The molecule has 32 heavy (non-hydrogen) atoms. The van der Waals surface area contributed by atoms with Crippen LogP contribution in [0.5, 0.6) is 0 Å². The molecule has 3 rings (SSSR count). The highest BCUT2D eigenvalue weighted by Crippen LogP contribution is 2.27. The van der Waals surface area contributed by atoms with Crippen LogP contribution in [-0.2, 0) is 16.8 Å². The molecule has 6 nitrogen and oxygen atoms in total. The quantitative estimate of drug-likeness (QED) is 0.251. The highest BCUT2D eigenvalue weighted by atomic mass is 79.9. The van der Waals surface area contributed by atoms with Crippen LogP contribution in [0.1, 0.15) is 45.7 Å². The van der Waals surface area contributed by atoms with Crippen molar-refractivity contribution in [3.8, 4) is 11.4 Å². The number of rotatable bonds is 7. The maximum Gasteiger partial charge on any atom is 0.250 e. The lowest BCUT2D eigenvalue weighted by atomic mass is 9.87. The number of nitrogens with one attached hydrogen (secondary N) is 1. The topological polar surface area (TPSA) is 72.2 Å². The summed E-state index contributed by atoms with van der Waals surface area (Å²) >= 11 is 4.77. The van der Waals surface area contributed by atoms with Crippen LogP contribution < -0.4 is 5.43 Å². The van der Waals surface area contributed by atoms with Crippen molar-refractivity contribution in [2.24, 2.45) is 5.10 Å². The summed E-state index contributed by atoms with van der Waals surface area (Å²) in [6, 6.07) is 16.2. The van der Waals surface area contributed by atoms with Crippen LogP contribution in [0.4, 0.5) is 0 Å². The van der Waals surface area contributed by atoms with Gasteiger partial charge >= 0.3 is 0 Å². The molecule has 0 spiro atoms. The Labute approximate surface area is 202 Å². The average Bonchev–Trinajstić information content (AvgIpc) is 3.19. The normalized spacial score (nSPS) is 12.1. The van der Waals surface area contributed by atoms with Crippen molar-refractivity contribution in [2.45, 2.75) is 51.7 Å².